The molecule has 15 heteroatoms. The maximum atomic E-state index is 13.0. The van der Waals surface area contributed by atoms with Gasteiger partial charge in [-0.3, -0.25) is 14.6 Å². The van der Waals surface area contributed by atoms with Crippen molar-refractivity contribution in [2.45, 2.75) is 12.7 Å². The normalized spacial score (nSPS) is 13.0. The number of hydrogen-bond donors (Lipinski definition) is 2. The fraction of sp³-hybridized carbons (Fsp3) is 0.136. The number of anilines is 1. The van der Waals surface area contributed by atoms with Crippen LogP contribution in [0.1, 0.15) is 25.0 Å². The summed E-state index contributed by atoms with van der Waals surface area (Å²) >= 11 is 0. The lowest BCUT2D eigenvalue weighted by Gasteiger charge is -2.17. The standard InChI is InChI=1S/C22H15F6N3O6/c1-34-18-10-13(37-22(26,27)28)3-5-16(18)35-17-9-12(36-21(23,24)25)2-4-14(17)20(33)31-11-6-7-30-15(8-11)19(29)32/h2-10H,1H3,(H2,29,32)(H,30,31,33)/i1D3. The Balaban J connectivity index is 2.05. The molecule has 0 spiro atoms. The van der Waals surface area contributed by atoms with Crippen LogP contribution < -0.4 is 30.0 Å². The summed E-state index contributed by atoms with van der Waals surface area (Å²) in [5.41, 5.74) is 4.45. The molecule has 196 valence electrons. The van der Waals surface area contributed by atoms with Crippen LogP contribution in [-0.2, 0) is 0 Å². The Morgan fingerprint density at radius 1 is 0.892 bits per heavy atom. The lowest BCUT2D eigenvalue weighted by molar-refractivity contribution is -0.275. The molecule has 0 fully saturated rings. The molecular formula is C22H15F6N3O6. The first-order valence-corrected chi connectivity index (χ1v) is 9.62. The van der Waals surface area contributed by atoms with Crippen LogP contribution in [0.5, 0.6) is 28.7 Å². The fourth-order valence-electron chi connectivity index (χ4n) is 2.78. The second-order valence-corrected chi connectivity index (χ2v) is 6.81. The minimum Gasteiger partial charge on any atom is -0.493 e. The molecule has 0 aliphatic carbocycles. The third kappa shape index (κ3) is 7.65. The van der Waals surface area contributed by atoms with Crippen LogP contribution in [-0.4, -0.2) is 36.6 Å². The number of ether oxygens (including phenoxy) is 4. The van der Waals surface area contributed by atoms with Crippen molar-refractivity contribution in [3.8, 4) is 28.7 Å². The van der Waals surface area contributed by atoms with Crippen LogP contribution in [0.3, 0.4) is 0 Å². The zero-order chi connectivity index (χ0) is 29.9. The Bertz CT molecular complexity index is 1420. The number of nitrogens with one attached hydrogen (secondary N) is 1. The maximum absolute atomic E-state index is 13.0. The van der Waals surface area contributed by atoms with Crippen LogP contribution in [0.2, 0.25) is 0 Å². The molecule has 3 N–H and O–H groups in total. The highest BCUT2D eigenvalue weighted by Gasteiger charge is 2.33. The van der Waals surface area contributed by atoms with E-state index in [0.29, 0.717) is 18.2 Å². The molecule has 1 aromatic heterocycles. The number of hydrogen-bond acceptors (Lipinski definition) is 7. The Morgan fingerprint density at radius 2 is 1.51 bits per heavy atom. The van der Waals surface area contributed by atoms with Crippen LogP contribution in [0.15, 0.2) is 54.7 Å². The van der Waals surface area contributed by atoms with Crippen molar-refractivity contribution in [1.82, 2.24) is 4.98 Å². The predicted molar refractivity (Wildman–Crippen MR) is 114 cm³/mol. The fourth-order valence-corrected chi connectivity index (χ4v) is 2.78. The SMILES string of the molecule is [2H]C([2H])([2H])Oc1cc(OC(F)(F)F)ccc1Oc1cc(OC(F)(F)F)ccc1C(=O)Nc1ccnc(C(N)=O)c1. The summed E-state index contributed by atoms with van der Waals surface area (Å²) in [7, 11) is -3.21. The van der Waals surface area contributed by atoms with Gasteiger partial charge in [-0.1, -0.05) is 0 Å². The van der Waals surface area contributed by atoms with E-state index in [1.165, 1.54) is 6.07 Å². The highest BCUT2D eigenvalue weighted by molar-refractivity contribution is 6.06. The molecule has 9 nitrogen and oxygen atoms in total. The van der Waals surface area contributed by atoms with Gasteiger partial charge >= 0.3 is 12.7 Å². The minimum atomic E-state index is -5.16. The number of aromatic nitrogens is 1. The van der Waals surface area contributed by atoms with Crippen molar-refractivity contribution in [1.29, 1.82) is 0 Å². The molecule has 0 aliphatic rings. The summed E-state index contributed by atoms with van der Waals surface area (Å²) < 4.78 is 116. The van der Waals surface area contributed by atoms with Gasteiger partial charge in [0.25, 0.3) is 11.8 Å². The number of amides is 2. The van der Waals surface area contributed by atoms with Gasteiger partial charge in [0.1, 0.15) is 22.9 Å². The van der Waals surface area contributed by atoms with Gasteiger partial charge in [0.2, 0.25) is 0 Å². The van der Waals surface area contributed by atoms with E-state index in [1.807, 2.05) is 0 Å². The Morgan fingerprint density at radius 3 is 2.11 bits per heavy atom. The summed E-state index contributed by atoms with van der Waals surface area (Å²) in [6, 6.07) is 6.56. The molecule has 0 bridgehead atoms. The summed E-state index contributed by atoms with van der Waals surface area (Å²) in [5, 5.41) is 2.34. The molecular weight excluding hydrogens is 516 g/mol. The van der Waals surface area contributed by atoms with Crippen molar-refractivity contribution in [3.63, 3.8) is 0 Å². The van der Waals surface area contributed by atoms with Gasteiger partial charge < -0.3 is 30.0 Å². The number of alkyl halides is 6. The second kappa shape index (κ2) is 10.5. The summed E-state index contributed by atoms with van der Waals surface area (Å²) in [6.07, 6.45) is -9.18. The van der Waals surface area contributed by atoms with E-state index in [1.54, 1.807) is 0 Å². The van der Waals surface area contributed by atoms with Crippen molar-refractivity contribution < 1.29 is 59.0 Å². The molecule has 37 heavy (non-hydrogen) atoms. The van der Waals surface area contributed by atoms with Gasteiger partial charge in [0.05, 0.1) is 16.7 Å². The van der Waals surface area contributed by atoms with Gasteiger partial charge in [0, 0.05) is 24.0 Å². The number of nitrogens with two attached hydrogens (primary N) is 1. The zero-order valence-corrected chi connectivity index (χ0v) is 17.9. The van der Waals surface area contributed by atoms with Crippen LogP contribution in [0, 0.1) is 0 Å². The monoisotopic (exact) mass is 534 g/mol. The van der Waals surface area contributed by atoms with E-state index in [-0.39, 0.29) is 11.4 Å². The van der Waals surface area contributed by atoms with E-state index >= 15 is 0 Å². The van der Waals surface area contributed by atoms with Gasteiger partial charge in [-0.25, -0.2) is 0 Å². The minimum absolute atomic E-state index is 0.00422. The number of carbonyl (C=O) groups is 2. The van der Waals surface area contributed by atoms with E-state index in [9.17, 15) is 35.9 Å². The molecule has 2 amide bonds. The third-order valence-corrected chi connectivity index (χ3v) is 4.18. The number of pyridine rings is 1. The molecule has 0 saturated carbocycles. The van der Waals surface area contributed by atoms with E-state index in [2.05, 4.69) is 24.5 Å². The molecule has 0 atom stereocenters. The molecule has 0 aliphatic heterocycles. The quantitative estimate of drug-likeness (QED) is 0.389. The molecule has 3 rings (SSSR count). The summed E-state index contributed by atoms with van der Waals surface area (Å²) in [5.74, 6) is -5.83. The lowest BCUT2D eigenvalue weighted by Crippen LogP contribution is -2.18. The van der Waals surface area contributed by atoms with Gasteiger partial charge in [-0.05, 0) is 36.4 Å². The Hall–Kier alpha value is -4.69. The zero-order valence-electron chi connectivity index (χ0n) is 20.9. The van der Waals surface area contributed by atoms with E-state index < -0.39 is 65.9 Å². The van der Waals surface area contributed by atoms with Gasteiger partial charge in [0.15, 0.2) is 11.5 Å². The number of primary amides is 1. The van der Waals surface area contributed by atoms with Crippen molar-refractivity contribution >= 4 is 17.5 Å². The number of nitrogens with zero attached hydrogens (tertiary/aromatic N) is 1. The number of methoxy groups -OCH3 is 1. The number of carbonyl (C=O) groups excluding carboxylic acids is 2. The largest absolute Gasteiger partial charge is 0.573 e. The predicted octanol–water partition coefficient (Wildman–Crippen LogP) is 5.03. The average Bonchev–Trinajstić information content (AvgIpc) is 2.78. The Labute approximate surface area is 207 Å². The molecule has 2 aromatic carbocycles. The molecule has 0 unspecified atom stereocenters. The lowest BCUT2D eigenvalue weighted by atomic mass is 10.1. The number of rotatable bonds is 8. The van der Waals surface area contributed by atoms with E-state index in [4.69, 9.17) is 14.6 Å². The highest BCUT2D eigenvalue weighted by Crippen LogP contribution is 2.39. The first-order valence-electron chi connectivity index (χ1n) is 11.1. The first-order chi connectivity index (χ1) is 18.4. The molecule has 1 heterocycles. The first kappa shape index (κ1) is 22.8. The average molecular weight is 534 g/mol. The van der Waals surface area contributed by atoms with Gasteiger partial charge in [-0.2, -0.15) is 0 Å². The van der Waals surface area contributed by atoms with Crippen LogP contribution in [0.4, 0.5) is 32.0 Å². The number of benzene rings is 2. The second-order valence-electron chi connectivity index (χ2n) is 6.81. The smallest absolute Gasteiger partial charge is 0.493 e. The Kier molecular flexibility index (Phi) is 6.46. The topological polar surface area (TPSA) is 122 Å². The van der Waals surface area contributed by atoms with Crippen molar-refractivity contribution in [2.24, 2.45) is 5.73 Å². The maximum Gasteiger partial charge on any atom is 0.573 e. The highest BCUT2D eigenvalue weighted by atomic mass is 19.4. The number of halogens is 6. The van der Waals surface area contributed by atoms with E-state index in [0.717, 1.165) is 30.5 Å². The van der Waals surface area contributed by atoms with Crippen LogP contribution in [0.25, 0.3) is 0 Å². The van der Waals surface area contributed by atoms with Crippen LogP contribution >= 0.6 is 0 Å². The van der Waals surface area contributed by atoms with Gasteiger partial charge in [-0.15, -0.1) is 26.3 Å². The van der Waals surface area contributed by atoms with Crippen molar-refractivity contribution in [2.75, 3.05) is 12.4 Å². The summed E-state index contributed by atoms with van der Waals surface area (Å²) in [4.78, 5) is 28.0. The summed E-state index contributed by atoms with van der Waals surface area (Å²) in [6.45, 7) is 0. The third-order valence-electron chi connectivity index (χ3n) is 4.18. The molecule has 3 aromatic rings. The molecule has 0 radical (unpaired) electrons. The van der Waals surface area contributed by atoms with Crippen molar-refractivity contribution in [3.05, 3.63) is 66.0 Å². The molecule has 0 saturated heterocycles.